The van der Waals surface area contributed by atoms with Gasteiger partial charge < -0.3 is 19.5 Å². The summed E-state index contributed by atoms with van der Waals surface area (Å²) in [6, 6.07) is 11.4. The van der Waals surface area contributed by atoms with Crippen LogP contribution in [0.4, 0.5) is 5.69 Å². The molecule has 10 nitrogen and oxygen atoms in total. The van der Waals surface area contributed by atoms with Crippen molar-refractivity contribution in [2.24, 2.45) is 0 Å². The van der Waals surface area contributed by atoms with Crippen molar-refractivity contribution < 1.29 is 33.5 Å². The van der Waals surface area contributed by atoms with Gasteiger partial charge in [-0.05, 0) is 11.6 Å². The van der Waals surface area contributed by atoms with Crippen LogP contribution in [0, 0.1) is 10.1 Å². The number of methoxy groups -OCH3 is 2. The van der Waals surface area contributed by atoms with E-state index in [-0.39, 0.29) is 23.4 Å². The largest absolute Gasteiger partial charge is 0.496 e. The van der Waals surface area contributed by atoms with Crippen molar-refractivity contribution in [3.63, 3.8) is 0 Å². The SMILES string of the molecule is COC(=O)[C@@H](Cc1ccccc1)NC(=O)COC(=O)c1cc([N+](=O)[O-])ccc1OC. The van der Waals surface area contributed by atoms with Gasteiger partial charge in [0.25, 0.3) is 11.6 Å². The zero-order chi connectivity index (χ0) is 22.1. The Bertz CT molecular complexity index is 930. The molecule has 1 N–H and O–H groups in total. The van der Waals surface area contributed by atoms with E-state index in [0.29, 0.717) is 0 Å². The summed E-state index contributed by atoms with van der Waals surface area (Å²) in [5.74, 6) is -2.32. The lowest BCUT2D eigenvalue weighted by atomic mass is 10.1. The van der Waals surface area contributed by atoms with E-state index in [2.05, 4.69) is 5.32 Å². The first-order valence-corrected chi connectivity index (χ1v) is 8.76. The molecule has 0 unspecified atom stereocenters. The number of amides is 1. The van der Waals surface area contributed by atoms with Gasteiger partial charge in [-0.25, -0.2) is 9.59 Å². The van der Waals surface area contributed by atoms with E-state index in [1.54, 1.807) is 24.3 Å². The van der Waals surface area contributed by atoms with E-state index in [1.807, 2.05) is 6.07 Å². The number of benzene rings is 2. The van der Waals surface area contributed by atoms with Gasteiger partial charge in [0.1, 0.15) is 17.4 Å². The summed E-state index contributed by atoms with van der Waals surface area (Å²) in [5, 5.41) is 13.4. The topological polar surface area (TPSA) is 134 Å². The summed E-state index contributed by atoms with van der Waals surface area (Å²) in [6.45, 7) is -0.701. The van der Waals surface area contributed by atoms with E-state index >= 15 is 0 Å². The number of rotatable bonds is 9. The highest BCUT2D eigenvalue weighted by Gasteiger charge is 2.24. The van der Waals surface area contributed by atoms with Crippen LogP contribution in [0.1, 0.15) is 15.9 Å². The molecular formula is C20H20N2O8. The minimum Gasteiger partial charge on any atom is -0.496 e. The molecule has 1 atom stereocenters. The Kier molecular flexibility index (Phi) is 7.86. The molecule has 0 bridgehead atoms. The Balaban J connectivity index is 2.03. The maximum Gasteiger partial charge on any atom is 0.342 e. The number of carbonyl (C=O) groups is 3. The monoisotopic (exact) mass is 416 g/mol. The van der Waals surface area contributed by atoms with Crippen molar-refractivity contribution >= 4 is 23.5 Å². The molecule has 0 aromatic heterocycles. The van der Waals surface area contributed by atoms with Crippen LogP contribution >= 0.6 is 0 Å². The molecule has 0 aliphatic heterocycles. The Morgan fingerprint density at radius 3 is 2.40 bits per heavy atom. The second kappa shape index (κ2) is 10.6. The quantitative estimate of drug-likeness (QED) is 0.371. The summed E-state index contributed by atoms with van der Waals surface area (Å²) >= 11 is 0. The average molecular weight is 416 g/mol. The van der Waals surface area contributed by atoms with Gasteiger partial charge in [-0.2, -0.15) is 0 Å². The highest BCUT2D eigenvalue weighted by atomic mass is 16.6. The molecule has 2 aromatic carbocycles. The smallest absolute Gasteiger partial charge is 0.342 e. The minimum absolute atomic E-state index is 0.0579. The molecule has 0 saturated heterocycles. The van der Waals surface area contributed by atoms with Crippen molar-refractivity contribution in [3.8, 4) is 5.75 Å². The third-order valence-corrected chi connectivity index (χ3v) is 4.05. The molecule has 0 fully saturated rings. The van der Waals surface area contributed by atoms with E-state index in [9.17, 15) is 24.5 Å². The molecule has 0 radical (unpaired) electrons. The Morgan fingerprint density at radius 2 is 1.80 bits per heavy atom. The van der Waals surface area contributed by atoms with E-state index in [4.69, 9.17) is 14.2 Å². The number of non-ortho nitro benzene ring substituents is 1. The number of hydrogen-bond donors (Lipinski definition) is 1. The lowest BCUT2D eigenvalue weighted by molar-refractivity contribution is -0.384. The maximum atomic E-state index is 12.3. The van der Waals surface area contributed by atoms with Crippen molar-refractivity contribution in [3.05, 3.63) is 69.8 Å². The number of nitrogens with zero attached hydrogens (tertiary/aromatic N) is 1. The first-order valence-electron chi connectivity index (χ1n) is 8.76. The van der Waals surface area contributed by atoms with Gasteiger partial charge in [0.05, 0.1) is 19.1 Å². The van der Waals surface area contributed by atoms with Gasteiger partial charge in [0.15, 0.2) is 6.61 Å². The van der Waals surface area contributed by atoms with Crippen LogP contribution in [0.2, 0.25) is 0 Å². The van der Waals surface area contributed by atoms with Crippen molar-refractivity contribution in [1.29, 1.82) is 0 Å². The van der Waals surface area contributed by atoms with Crippen LogP contribution in [0.15, 0.2) is 48.5 Å². The lowest BCUT2D eigenvalue weighted by Gasteiger charge is -2.16. The Morgan fingerprint density at radius 1 is 1.10 bits per heavy atom. The van der Waals surface area contributed by atoms with Gasteiger partial charge >= 0.3 is 11.9 Å². The van der Waals surface area contributed by atoms with Gasteiger partial charge in [0, 0.05) is 18.6 Å². The molecule has 30 heavy (non-hydrogen) atoms. The number of nitro benzene ring substituents is 1. The number of nitro groups is 1. The lowest BCUT2D eigenvalue weighted by Crippen LogP contribution is -2.44. The first kappa shape index (κ1) is 22.3. The van der Waals surface area contributed by atoms with E-state index in [1.165, 1.54) is 26.4 Å². The third-order valence-electron chi connectivity index (χ3n) is 4.05. The second-order valence-corrected chi connectivity index (χ2v) is 6.05. The molecule has 10 heteroatoms. The molecule has 1 amide bonds. The molecular weight excluding hydrogens is 396 g/mol. The fraction of sp³-hybridized carbons (Fsp3) is 0.250. The normalized spacial score (nSPS) is 11.1. The van der Waals surface area contributed by atoms with Crippen LogP contribution in [0.25, 0.3) is 0 Å². The van der Waals surface area contributed by atoms with Gasteiger partial charge in [0.2, 0.25) is 0 Å². The number of carbonyl (C=O) groups excluding carboxylic acids is 3. The highest BCUT2D eigenvalue weighted by molar-refractivity contribution is 5.95. The van der Waals surface area contributed by atoms with Crippen molar-refractivity contribution in [2.45, 2.75) is 12.5 Å². The second-order valence-electron chi connectivity index (χ2n) is 6.05. The molecule has 0 aliphatic carbocycles. The minimum atomic E-state index is -0.983. The first-order chi connectivity index (χ1) is 14.3. The summed E-state index contributed by atoms with van der Waals surface area (Å²) < 4.78 is 14.6. The van der Waals surface area contributed by atoms with E-state index in [0.717, 1.165) is 11.6 Å². The van der Waals surface area contributed by atoms with Gasteiger partial charge in [-0.1, -0.05) is 30.3 Å². The zero-order valence-electron chi connectivity index (χ0n) is 16.3. The van der Waals surface area contributed by atoms with Crippen LogP contribution in [-0.4, -0.2) is 49.6 Å². The fourth-order valence-corrected chi connectivity index (χ4v) is 2.60. The molecule has 2 rings (SSSR count). The number of esters is 2. The number of ether oxygens (including phenoxy) is 3. The predicted octanol–water partition coefficient (Wildman–Crippen LogP) is 1.66. The van der Waals surface area contributed by atoms with Crippen molar-refractivity contribution in [2.75, 3.05) is 20.8 Å². The molecule has 0 aliphatic rings. The molecule has 2 aromatic rings. The predicted molar refractivity (Wildman–Crippen MR) is 104 cm³/mol. The summed E-state index contributed by atoms with van der Waals surface area (Å²) in [7, 11) is 2.48. The summed E-state index contributed by atoms with van der Waals surface area (Å²) in [5.41, 5.74) is 0.264. The standard InChI is InChI=1S/C20H20N2O8/c1-28-17-9-8-14(22(26)27)11-15(17)19(24)30-12-18(23)21-16(20(25)29-2)10-13-6-4-3-5-7-13/h3-9,11,16H,10,12H2,1-2H3,(H,21,23)/t16-/m1/s1. The number of nitrogens with one attached hydrogen (secondary N) is 1. The van der Waals surface area contributed by atoms with Gasteiger partial charge in [-0.3, -0.25) is 14.9 Å². The van der Waals surface area contributed by atoms with Crippen LogP contribution in [-0.2, 0) is 25.5 Å². The van der Waals surface area contributed by atoms with Crippen LogP contribution in [0.3, 0.4) is 0 Å². The third kappa shape index (κ3) is 6.03. The molecule has 0 heterocycles. The highest BCUT2D eigenvalue weighted by Crippen LogP contribution is 2.24. The molecule has 0 saturated carbocycles. The van der Waals surface area contributed by atoms with Gasteiger partial charge in [-0.15, -0.1) is 0 Å². The molecule has 158 valence electrons. The number of hydrogen-bond acceptors (Lipinski definition) is 8. The zero-order valence-corrected chi connectivity index (χ0v) is 16.3. The van der Waals surface area contributed by atoms with Crippen molar-refractivity contribution in [1.82, 2.24) is 5.32 Å². The van der Waals surface area contributed by atoms with Crippen LogP contribution < -0.4 is 10.1 Å². The molecule has 0 spiro atoms. The Hall–Kier alpha value is -3.95. The average Bonchev–Trinajstić information content (AvgIpc) is 2.76. The van der Waals surface area contributed by atoms with E-state index < -0.39 is 35.4 Å². The summed E-state index contributed by atoms with van der Waals surface area (Å²) in [6.07, 6.45) is 0.186. The Labute approximate surface area is 171 Å². The maximum absolute atomic E-state index is 12.3. The fourth-order valence-electron chi connectivity index (χ4n) is 2.60. The van der Waals surface area contributed by atoms with Crippen LogP contribution in [0.5, 0.6) is 5.75 Å². The summed E-state index contributed by atoms with van der Waals surface area (Å²) in [4.78, 5) is 46.7.